The van der Waals surface area contributed by atoms with E-state index >= 15 is 0 Å². The first-order chi connectivity index (χ1) is 13.2. The number of para-hydroxylation sites is 1. The minimum absolute atomic E-state index is 0.437. The molecule has 0 amide bonds. The molecule has 1 atom stereocenters. The summed E-state index contributed by atoms with van der Waals surface area (Å²) in [5.74, 6) is 2.56. The molecule has 0 radical (unpaired) electrons. The zero-order valence-electron chi connectivity index (χ0n) is 17.0. The minimum Gasteiger partial charge on any atom is -0.496 e. The van der Waals surface area contributed by atoms with Crippen LogP contribution in [0.2, 0.25) is 0 Å². The predicted octanol–water partition coefficient (Wildman–Crippen LogP) is 4.80. The summed E-state index contributed by atoms with van der Waals surface area (Å²) in [4.78, 5) is 2.57. The summed E-state index contributed by atoms with van der Waals surface area (Å²) in [5, 5.41) is 0. The number of fused-ring (bicyclic) bond motifs is 1. The van der Waals surface area contributed by atoms with Gasteiger partial charge in [-0.05, 0) is 50.0 Å². The third-order valence-corrected chi connectivity index (χ3v) is 5.21. The number of hydrogen-bond acceptors (Lipinski definition) is 4. The highest BCUT2D eigenvalue weighted by Gasteiger charge is 2.28. The second-order valence-electron chi connectivity index (χ2n) is 7.04. The molecule has 1 aliphatic heterocycles. The van der Waals surface area contributed by atoms with Crippen LogP contribution in [-0.2, 0) is 6.42 Å². The smallest absolute Gasteiger partial charge is 0.130 e. The molecule has 0 aromatic heterocycles. The number of methoxy groups -OCH3 is 2. The molecule has 0 N–H and O–H groups in total. The van der Waals surface area contributed by atoms with Gasteiger partial charge in [0.05, 0.1) is 19.8 Å². The van der Waals surface area contributed by atoms with E-state index in [9.17, 15) is 0 Å². The fourth-order valence-corrected chi connectivity index (χ4v) is 4.01. The lowest BCUT2D eigenvalue weighted by Crippen LogP contribution is -2.44. The van der Waals surface area contributed by atoms with Crippen LogP contribution in [0.15, 0.2) is 36.4 Å². The highest BCUT2D eigenvalue weighted by atomic mass is 16.5. The molecular weight excluding hydrogens is 338 g/mol. The van der Waals surface area contributed by atoms with Crippen LogP contribution in [0, 0.1) is 0 Å². The Morgan fingerprint density at radius 3 is 2.19 bits per heavy atom. The normalized spacial score (nSPS) is 16.0. The van der Waals surface area contributed by atoms with E-state index in [1.807, 2.05) is 18.2 Å². The van der Waals surface area contributed by atoms with Crippen molar-refractivity contribution in [2.45, 2.75) is 39.2 Å². The van der Waals surface area contributed by atoms with E-state index in [1.54, 1.807) is 14.2 Å². The Morgan fingerprint density at radius 1 is 0.963 bits per heavy atom. The zero-order valence-corrected chi connectivity index (χ0v) is 17.0. The van der Waals surface area contributed by atoms with Gasteiger partial charge in [0.15, 0.2) is 0 Å². The van der Waals surface area contributed by atoms with E-state index in [2.05, 4.69) is 36.9 Å². The third-order valence-electron chi connectivity index (χ3n) is 5.21. The van der Waals surface area contributed by atoms with E-state index in [0.29, 0.717) is 6.04 Å². The van der Waals surface area contributed by atoms with E-state index < -0.39 is 0 Å². The van der Waals surface area contributed by atoms with Crippen LogP contribution >= 0.6 is 0 Å². The van der Waals surface area contributed by atoms with E-state index in [0.717, 1.165) is 54.5 Å². The van der Waals surface area contributed by atoms with Gasteiger partial charge in [0.1, 0.15) is 23.9 Å². The van der Waals surface area contributed by atoms with Gasteiger partial charge in [0, 0.05) is 11.6 Å². The van der Waals surface area contributed by atoms with Gasteiger partial charge in [-0.25, -0.2) is 0 Å². The number of hydrogen-bond donors (Lipinski definition) is 0. The predicted molar refractivity (Wildman–Crippen MR) is 110 cm³/mol. The molecule has 0 spiro atoms. The number of ether oxygens (including phenoxy) is 3. The number of benzene rings is 2. The molecule has 0 saturated heterocycles. The Bertz CT molecular complexity index is 731. The summed E-state index contributed by atoms with van der Waals surface area (Å²) in [7, 11) is 3.38. The van der Waals surface area contributed by atoms with Crippen LogP contribution in [0.25, 0.3) is 11.1 Å². The van der Waals surface area contributed by atoms with Crippen molar-refractivity contribution in [1.29, 1.82) is 0 Å². The zero-order chi connectivity index (χ0) is 19.2. The molecule has 146 valence electrons. The van der Waals surface area contributed by atoms with Gasteiger partial charge in [-0.2, -0.15) is 0 Å². The first-order valence-corrected chi connectivity index (χ1v) is 9.93. The second-order valence-corrected chi connectivity index (χ2v) is 7.04. The Morgan fingerprint density at radius 2 is 1.59 bits per heavy atom. The first kappa shape index (κ1) is 19.6. The minimum atomic E-state index is 0.437. The van der Waals surface area contributed by atoms with Gasteiger partial charge >= 0.3 is 0 Å². The molecule has 1 aliphatic rings. The largest absolute Gasteiger partial charge is 0.496 e. The van der Waals surface area contributed by atoms with Crippen molar-refractivity contribution in [2.24, 2.45) is 0 Å². The topological polar surface area (TPSA) is 30.9 Å². The SMILES string of the molecule is CCCN(CCC)[C@H]1COc2c(cccc2-c2c(OC)cccc2OC)C1. The molecule has 2 aromatic carbocycles. The van der Waals surface area contributed by atoms with Crippen molar-refractivity contribution in [3.05, 3.63) is 42.0 Å². The van der Waals surface area contributed by atoms with Crippen LogP contribution in [0.3, 0.4) is 0 Å². The molecule has 0 saturated carbocycles. The van der Waals surface area contributed by atoms with Gasteiger partial charge < -0.3 is 14.2 Å². The third kappa shape index (κ3) is 4.06. The lowest BCUT2D eigenvalue weighted by molar-refractivity contribution is 0.119. The van der Waals surface area contributed by atoms with Gasteiger partial charge in [-0.3, -0.25) is 4.90 Å². The Hall–Kier alpha value is -2.20. The summed E-state index contributed by atoms with van der Waals surface area (Å²) in [6.45, 7) is 7.45. The summed E-state index contributed by atoms with van der Waals surface area (Å²) in [6.07, 6.45) is 3.35. The Labute approximate surface area is 163 Å². The maximum Gasteiger partial charge on any atom is 0.130 e. The molecule has 1 heterocycles. The lowest BCUT2D eigenvalue weighted by atomic mass is 9.94. The monoisotopic (exact) mass is 369 g/mol. The van der Waals surface area contributed by atoms with Crippen molar-refractivity contribution in [3.63, 3.8) is 0 Å². The highest BCUT2D eigenvalue weighted by Crippen LogP contribution is 2.45. The molecule has 0 bridgehead atoms. The van der Waals surface area contributed by atoms with Crippen LogP contribution in [0.1, 0.15) is 32.3 Å². The summed E-state index contributed by atoms with van der Waals surface area (Å²) < 4.78 is 17.6. The molecule has 27 heavy (non-hydrogen) atoms. The van der Waals surface area contributed by atoms with Crippen LogP contribution in [-0.4, -0.2) is 44.9 Å². The van der Waals surface area contributed by atoms with Crippen LogP contribution < -0.4 is 14.2 Å². The molecule has 0 unspecified atom stereocenters. The van der Waals surface area contributed by atoms with Crippen molar-refractivity contribution in [1.82, 2.24) is 4.90 Å². The van der Waals surface area contributed by atoms with Gasteiger partial charge in [-0.15, -0.1) is 0 Å². The van der Waals surface area contributed by atoms with Crippen molar-refractivity contribution in [3.8, 4) is 28.4 Å². The fourth-order valence-electron chi connectivity index (χ4n) is 4.01. The first-order valence-electron chi connectivity index (χ1n) is 9.93. The van der Waals surface area contributed by atoms with Crippen molar-refractivity contribution < 1.29 is 14.2 Å². The van der Waals surface area contributed by atoms with E-state index in [-0.39, 0.29) is 0 Å². The maximum absolute atomic E-state index is 6.34. The average Bonchev–Trinajstić information content (AvgIpc) is 2.72. The summed E-state index contributed by atoms with van der Waals surface area (Å²) in [5.41, 5.74) is 3.25. The van der Waals surface area contributed by atoms with Crippen molar-refractivity contribution >= 4 is 0 Å². The molecule has 2 aromatic rings. The van der Waals surface area contributed by atoms with Gasteiger partial charge in [0.2, 0.25) is 0 Å². The van der Waals surface area contributed by atoms with Gasteiger partial charge in [-0.1, -0.05) is 38.1 Å². The lowest BCUT2D eigenvalue weighted by Gasteiger charge is -2.35. The fraction of sp³-hybridized carbons (Fsp3) is 0.478. The average molecular weight is 370 g/mol. The second kappa shape index (κ2) is 9.14. The quantitative estimate of drug-likeness (QED) is 0.669. The Balaban J connectivity index is 1.97. The maximum atomic E-state index is 6.34. The Kier molecular flexibility index (Phi) is 6.62. The molecular formula is C23H31NO3. The molecule has 4 heteroatoms. The van der Waals surface area contributed by atoms with E-state index in [1.165, 1.54) is 18.4 Å². The van der Waals surface area contributed by atoms with E-state index in [4.69, 9.17) is 14.2 Å². The summed E-state index contributed by atoms with van der Waals surface area (Å²) >= 11 is 0. The van der Waals surface area contributed by atoms with Crippen molar-refractivity contribution in [2.75, 3.05) is 33.9 Å². The molecule has 0 fully saturated rings. The highest BCUT2D eigenvalue weighted by molar-refractivity contribution is 5.82. The molecule has 3 rings (SSSR count). The molecule has 4 nitrogen and oxygen atoms in total. The molecule has 0 aliphatic carbocycles. The standard InChI is InChI=1S/C23H31NO3/c1-5-13-24(14-6-2)18-15-17-9-7-10-19(23(17)27-16-18)22-20(25-3)11-8-12-21(22)26-4/h7-12,18H,5-6,13-16H2,1-4H3/t18-/m1/s1. The summed E-state index contributed by atoms with van der Waals surface area (Å²) in [6, 6.07) is 12.7. The van der Waals surface area contributed by atoms with Crippen LogP contribution in [0.5, 0.6) is 17.2 Å². The van der Waals surface area contributed by atoms with Crippen LogP contribution in [0.4, 0.5) is 0 Å². The van der Waals surface area contributed by atoms with Gasteiger partial charge in [0.25, 0.3) is 0 Å². The number of rotatable bonds is 8. The number of nitrogens with zero attached hydrogens (tertiary/aromatic N) is 1.